The van der Waals surface area contributed by atoms with Crippen molar-refractivity contribution >= 4 is 18.4 Å². The van der Waals surface area contributed by atoms with Gasteiger partial charge in [-0.3, -0.25) is 0 Å². The monoisotopic (exact) mass is 193 g/mol. The maximum atomic E-state index is 11.8. The van der Waals surface area contributed by atoms with Crippen molar-refractivity contribution in [3.8, 4) is 0 Å². The van der Waals surface area contributed by atoms with Gasteiger partial charge in [-0.2, -0.15) is 0 Å². The Morgan fingerprint density at radius 2 is 1.33 bits per heavy atom. The minimum absolute atomic E-state index is 0.0433. The molecule has 0 fully saturated rings. The molecule has 0 aliphatic rings. The first kappa shape index (κ1) is 9.72. The number of carbonyl (C=O) groups excluding carboxylic acids is 1. The lowest BCUT2D eigenvalue weighted by atomic mass is 9.64. The molecule has 2 aromatic carbocycles. The van der Waals surface area contributed by atoms with Crippen LogP contribution < -0.4 is 5.46 Å². The Kier molecular flexibility index (Phi) is 2.98. The third-order valence-corrected chi connectivity index (χ3v) is 2.16. The van der Waals surface area contributed by atoms with E-state index >= 15 is 0 Å². The van der Waals surface area contributed by atoms with Crippen molar-refractivity contribution in [3.05, 3.63) is 66.2 Å². The molecular weight excluding hydrogens is 183 g/mol. The lowest BCUT2D eigenvalue weighted by molar-refractivity contribution is 0.107. The van der Waals surface area contributed by atoms with Gasteiger partial charge in [0.2, 0.25) is 7.28 Å². The van der Waals surface area contributed by atoms with E-state index in [0.717, 1.165) is 11.0 Å². The molecular formula is C13H10BO. The lowest BCUT2D eigenvalue weighted by Gasteiger charge is -1.99. The van der Waals surface area contributed by atoms with Gasteiger partial charge in [-0.25, -0.2) is 0 Å². The molecule has 1 radical (unpaired) electrons. The van der Waals surface area contributed by atoms with Crippen molar-refractivity contribution in [3.63, 3.8) is 0 Å². The summed E-state index contributed by atoms with van der Waals surface area (Å²) in [6.07, 6.45) is 0. The van der Waals surface area contributed by atoms with E-state index in [4.69, 9.17) is 0 Å². The van der Waals surface area contributed by atoms with Gasteiger partial charge in [0.1, 0.15) is 5.68 Å². The predicted molar refractivity (Wildman–Crippen MR) is 62.6 cm³/mol. The van der Waals surface area contributed by atoms with Crippen LogP contribution in [0.3, 0.4) is 0 Å². The number of rotatable bonds is 3. The first-order valence-electron chi connectivity index (χ1n) is 4.85. The zero-order valence-electron chi connectivity index (χ0n) is 8.26. The van der Waals surface area contributed by atoms with Crippen LogP contribution in [0.15, 0.2) is 60.7 Å². The van der Waals surface area contributed by atoms with Gasteiger partial charge < -0.3 is 4.79 Å². The number of benzene rings is 2. The Labute approximate surface area is 90.0 Å². The minimum Gasteiger partial charge on any atom is -0.306 e. The highest BCUT2D eigenvalue weighted by Crippen LogP contribution is 1.98. The molecule has 0 aromatic heterocycles. The normalized spacial score (nSPS) is 9.60. The molecule has 0 bridgehead atoms. The maximum Gasteiger partial charge on any atom is 0.247 e. The number of carbonyl (C=O) groups is 1. The summed E-state index contributed by atoms with van der Waals surface area (Å²) in [7, 11) is 1.65. The van der Waals surface area contributed by atoms with Crippen LogP contribution in [-0.2, 0) is 0 Å². The highest BCUT2D eigenvalue weighted by Gasteiger charge is 2.07. The second-order valence-corrected chi connectivity index (χ2v) is 3.29. The molecule has 2 rings (SSSR count). The summed E-state index contributed by atoms with van der Waals surface area (Å²) in [5, 5.41) is 0. The van der Waals surface area contributed by atoms with E-state index in [9.17, 15) is 4.79 Å². The van der Waals surface area contributed by atoms with Crippen LogP contribution in [-0.4, -0.2) is 13.0 Å². The third-order valence-electron chi connectivity index (χ3n) is 2.16. The summed E-state index contributed by atoms with van der Waals surface area (Å²) in [6.45, 7) is 0. The van der Waals surface area contributed by atoms with Crippen molar-refractivity contribution in [2.75, 3.05) is 0 Å². The molecule has 2 heteroatoms. The smallest absolute Gasteiger partial charge is 0.247 e. The van der Waals surface area contributed by atoms with Gasteiger partial charge >= 0.3 is 0 Å². The Morgan fingerprint density at radius 1 is 0.800 bits per heavy atom. The van der Waals surface area contributed by atoms with Crippen molar-refractivity contribution < 1.29 is 4.79 Å². The van der Waals surface area contributed by atoms with Crippen molar-refractivity contribution in [1.29, 1.82) is 0 Å². The van der Waals surface area contributed by atoms with E-state index in [0.29, 0.717) is 0 Å². The highest BCUT2D eigenvalue weighted by molar-refractivity contribution is 6.86. The molecule has 1 nitrogen and oxygen atoms in total. The van der Waals surface area contributed by atoms with Crippen LogP contribution in [0.5, 0.6) is 0 Å². The zero-order chi connectivity index (χ0) is 10.5. The van der Waals surface area contributed by atoms with Crippen LogP contribution >= 0.6 is 0 Å². The quantitative estimate of drug-likeness (QED) is 0.680. The van der Waals surface area contributed by atoms with Gasteiger partial charge in [-0.15, -0.1) is 0 Å². The first-order valence-corrected chi connectivity index (χ1v) is 4.85. The summed E-state index contributed by atoms with van der Waals surface area (Å²) in [4.78, 5) is 11.8. The summed E-state index contributed by atoms with van der Waals surface area (Å²) in [5.74, 6) is 0. The number of hydrogen-bond donors (Lipinski definition) is 0. The van der Waals surface area contributed by atoms with Crippen LogP contribution in [0, 0.1) is 0 Å². The first-order chi connectivity index (χ1) is 7.36. The maximum absolute atomic E-state index is 11.8. The molecule has 71 valence electrons. The summed E-state index contributed by atoms with van der Waals surface area (Å²) >= 11 is 0. The van der Waals surface area contributed by atoms with E-state index in [2.05, 4.69) is 0 Å². The molecule has 0 saturated carbocycles. The van der Waals surface area contributed by atoms with Gasteiger partial charge in [-0.1, -0.05) is 66.1 Å². The largest absolute Gasteiger partial charge is 0.306 e. The van der Waals surface area contributed by atoms with Crippen LogP contribution in [0.2, 0.25) is 0 Å². The van der Waals surface area contributed by atoms with E-state index < -0.39 is 0 Å². The average Bonchev–Trinajstić information content (AvgIpc) is 2.31. The topological polar surface area (TPSA) is 17.1 Å². The number of hydrogen-bond acceptors (Lipinski definition) is 1. The Hall–Kier alpha value is -1.83. The summed E-state index contributed by atoms with van der Waals surface area (Å²) in [6, 6.07) is 18.9. The molecule has 15 heavy (non-hydrogen) atoms. The van der Waals surface area contributed by atoms with Gasteiger partial charge in [0.05, 0.1) is 0 Å². The van der Waals surface area contributed by atoms with E-state index in [1.165, 1.54) is 0 Å². The molecule has 0 N–H and O–H groups in total. The molecule has 0 atom stereocenters. The average molecular weight is 193 g/mol. The molecule has 0 amide bonds. The predicted octanol–water partition coefficient (Wildman–Crippen LogP) is 1.86. The van der Waals surface area contributed by atoms with Gasteiger partial charge in [0, 0.05) is 5.56 Å². The Bertz CT molecular complexity index is 437. The molecule has 0 aliphatic carbocycles. The van der Waals surface area contributed by atoms with Crippen molar-refractivity contribution in [2.45, 2.75) is 0 Å². The SMILES string of the molecule is O=C([B]c1ccccc1)c1ccccc1. The van der Waals surface area contributed by atoms with Gasteiger partial charge in [0.15, 0.2) is 0 Å². The molecule has 0 unspecified atom stereocenters. The van der Waals surface area contributed by atoms with Crippen LogP contribution in [0.1, 0.15) is 10.4 Å². The molecule has 0 saturated heterocycles. The lowest BCUT2D eigenvalue weighted by Crippen LogP contribution is -2.23. The van der Waals surface area contributed by atoms with E-state index in [1.807, 2.05) is 60.7 Å². The fraction of sp³-hybridized carbons (Fsp3) is 0. The minimum atomic E-state index is 0.0433. The van der Waals surface area contributed by atoms with Gasteiger partial charge in [0.25, 0.3) is 0 Å². The fourth-order valence-corrected chi connectivity index (χ4v) is 1.39. The Morgan fingerprint density at radius 3 is 1.93 bits per heavy atom. The third kappa shape index (κ3) is 2.56. The molecule has 0 heterocycles. The van der Waals surface area contributed by atoms with Crippen LogP contribution in [0.4, 0.5) is 0 Å². The highest BCUT2D eigenvalue weighted by atomic mass is 16.1. The second kappa shape index (κ2) is 4.60. The van der Waals surface area contributed by atoms with Crippen LogP contribution in [0.25, 0.3) is 0 Å². The molecule has 2 aromatic rings. The standard InChI is InChI=1S/C13H10BO/c15-13(11-7-3-1-4-8-11)14-12-9-5-2-6-10-12/h1-10H. The fourth-order valence-electron chi connectivity index (χ4n) is 1.39. The zero-order valence-corrected chi connectivity index (χ0v) is 8.26. The van der Waals surface area contributed by atoms with E-state index in [-0.39, 0.29) is 5.68 Å². The summed E-state index contributed by atoms with van der Waals surface area (Å²) in [5.41, 5.74) is 1.70. The van der Waals surface area contributed by atoms with Crippen molar-refractivity contribution in [2.24, 2.45) is 0 Å². The van der Waals surface area contributed by atoms with Crippen molar-refractivity contribution in [1.82, 2.24) is 0 Å². The van der Waals surface area contributed by atoms with Gasteiger partial charge in [-0.05, 0) is 0 Å². The summed E-state index contributed by atoms with van der Waals surface area (Å²) < 4.78 is 0. The van der Waals surface area contributed by atoms with E-state index in [1.54, 1.807) is 7.28 Å². The second-order valence-electron chi connectivity index (χ2n) is 3.29. The molecule has 0 spiro atoms. The molecule has 0 aliphatic heterocycles. The Balaban J connectivity index is 2.12.